The molecule has 2 rings (SSSR count). The van der Waals surface area contributed by atoms with Crippen LogP contribution in [0, 0.1) is 0 Å². The molecule has 0 radical (unpaired) electrons. The van der Waals surface area contributed by atoms with Gasteiger partial charge in [-0.3, -0.25) is 4.57 Å². The largest absolute Gasteiger partial charge is 0.368 e. The number of H-pyrrole nitrogens is 1. The lowest BCUT2D eigenvalue weighted by Gasteiger charge is -2.03. The Morgan fingerprint density at radius 2 is 2.43 bits per heavy atom. The summed E-state index contributed by atoms with van der Waals surface area (Å²) in [4.78, 5) is 3.08. The van der Waals surface area contributed by atoms with Gasteiger partial charge >= 0.3 is 0 Å². The highest BCUT2D eigenvalue weighted by molar-refractivity contribution is 5.33. The second kappa shape index (κ2) is 3.41. The number of nitrogens with one attached hydrogen (secondary N) is 2. The van der Waals surface area contributed by atoms with E-state index in [4.69, 9.17) is 5.73 Å². The Morgan fingerprint density at radius 3 is 3.00 bits per heavy atom. The summed E-state index contributed by atoms with van der Waals surface area (Å²) in [6.07, 6.45) is 1.88. The van der Waals surface area contributed by atoms with Crippen molar-refractivity contribution < 1.29 is 0 Å². The van der Waals surface area contributed by atoms with Gasteiger partial charge in [-0.05, 0) is 12.1 Å². The lowest BCUT2D eigenvalue weighted by atomic mass is 10.4. The van der Waals surface area contributed by atoms with E-state index < -0.39 is 0 Å². The SMILES string of the molecule is Cn1c(N)nnc1NCc1ccc[nH]1. The second-order valence-electron chi connectivity index (χ2n) is 2.99. The molecular formula is C8H12N6. The Balaban J connectivity index is 2.02. The van der Waals surface area contributed by atoms with E-state index in [0.717, 1.165) is 5.69 Å². The normalized spacial score (nSPS) is 10.4. The minimum atomic E-state index is 0.402. The predicted molar refractivity (Wildman–Crippen MR) is 53.5 cm³/mol. The molecule has 74 valence electrons. The molecule has 0 atom stereocenters. The summed E-state index contributed by atoms with van der Waals surface area (Å²) in [6, 6.07) is 3.94. The number of hydrogen-bond acceptors (Lipinski definition) is 4. The molecule has 0 aliphatic rings. The minimum Gasteiger partial charge on any atom is -0.368 e. The van der Waals surface area contributed by atoms with Gasteiger partial charge < -0.3 is 16.0 Å². The van der Waals surface area contributed by atoms with Gasteiger partial charge in [0.25, 0.3) is 0 Å². The van der Waals surface area contributed by atoms with Crippen molar-refractivity contribution in [3.05, 3.63) is 24.0 Å². The lowest BCUT2D eigenvalue weighted by Crippen LogP contribution is -2.06. The third-order valence-corrected chi connectivity index (χ3v) is 2.01. The number of nitrogens with two attached hydrogens (primary N) is 1. The number of nitrogens with zero attached hydrogens (tertiary/aromatic N) is 3. The quantitative estimate of drug-likeness (QED) is 0.654. The lowest BCUT2D eigenvalue weighted by molar-refractivity contribution is 0.903. The van der Waals surface area contributed by atoms with E-state index in [0.29, 0.717) is 18.4 Å². The van der Waals surface area contributed by atoms with Crippen LogP contribution in [0.2, 0.25) is 0 Å². The molecule has 0 bridgehead atoms. The molecular weight excluding hydrogens is 180 g/mol. The van der Waals surface area contributed by atoms with Crippen LogP contribution in [0.1, 0.15) is 5.69 Å². The highest BCUT2D eigenvalue weighted by Gasteiger charge is 2.03. The fraction of sp³-hybridized carbons (Fsp3) is 0.250. The Hall–Kier alpha value is -1.98. The topological polar surface area (TPSA) is 84.6 Å². The van der Waals surface area contributed by atoms with E-state index >= 15 is 0 Å². The van der Waals surface area contributed by atoms with Crippen molar-refractivity contribution in [3.8, 4) is 0 Å². The Kier molecular flexibility index (Phi) is 2.10. The van der Waals surface area contributed by atoms with Crippen LogP contribution < -0.4 is 11.1 Å². The molecule has 4 N–H and O–H groups in total. The summed E-state index contributed by atoms with van der Waals surface area (Å²) in [7, 11) is 1.81. The molecule has 2 heterocycles. The maximum atomic E-state index is 5.53. The molecule has 0 fully saturated rings. The Bertz CT molecular complexity index is 401. The number of nitrogen functional groups attached to an aromatic ring is 1. The molecule has 0 unspecified atom stereocenters. The van der Waals surface area contributed by atoms with Crippen molar-refractivity contribution in [2.24, 2.45) is 7.05 Å². The molecule has 14 heavy (non-hydrogen) atoms. The zero-order valence-corrected chi connectivity index (χ0v) is 7.86. The first kappa shape index (κ1) is 8.61. The van der Waals surface area contributed by atoms with Crippen molar-refractivity contribution in [2.45, 2.75) is 6.54 Å². The molecule has 0 spiro atoms. The standard InChI is InChI=1S/C8H12N6/c1-14-7(9)12-13-8(14)11-5-6-3-2-4-10-6/h2-4,10H,5H2,1H3,(H2,9,12)(H,11,13). The van der Waals surface area contributed by atoms with E-state index in [-0.39, 0.29) is 0 Å². The summed E-state index contributed by atoms with van der Waals surface area (Å²) >= 11 is 0. The molecule has 6 heteroatoms. The number of anilines is 2. The van der Waals surface area contributed by atoms with Gasteiger partial charge in [0.2, 0.25) is 11.9 Å². The van der Waals surface area contributed by atoms with Gasteiger partial charge in [-0.1, -0.05) is 0 Å². The predicted octanol–water partition coefficient (Wildman–Crippen LogP) is 0.337. The summed E-state index contributed by atoms with van der Waals surface area (Å²) < 4.78 is 1.70. The average molecular weight is 192 g/mol. The third-order valence-electron chi connectivity index (χ3n) is 2.01. The molecule has 0 aliphatic carbocycles. The van der Waals surface area contributed by atoms with Gasteiger partial charge in [-0.2, -0.15) is 0 Å². The van der Waals surface area contributed by atoms with Crippen molar-refractivity contribution in [2.75, 3.05) is 11.1 Å². The minimum absolute atomic E-state index is 0.402. The fourth-order valence-corrected chi connectivity index (χ4v) is 1.15. The number of aromatic amines is 1. The van der Waals surface area contributed by atoms with Gasteiger partial charge in [0.05, 0.1) is 6.54 Å². The molecule has 0 saturated carbocycles. The van der Waals surface area contributed by atoms with E-state index in [2.05, 4.69) is 20.5 Å². The first-order valence-electron chi connectivity index (χ1n) is 4.28. The van der Waals surface area contributed by atoms with Gasteiger partial charge in [0.15, 0.2) is 0 Å². The average Bonchev–Trinajstić information content (AvgIpc) is 2.77. The Morgan fingerprint density at radius 1 is 1.57 bits per heavy atom. The second-order valence-corrected chi connectivity index (χ2v) is 2.99. The van der Waals surface area contributed by atoms with Crippen LogP contribution in [0.5, 0.6) is 0 Å². The van der Waals surface area contributed by atoms with Gasteiger partial charge in [-0.15, -0.1) is 10.2 Å². The maximum Gasteiger partial charge on any atom is 0.226 e. The van der Waals surface area contributed by atoms with Gasteiger partial charge in [0.1, 0.15) is 0 Å². The smallest absolute Gasteiger partial charge is 0.226 e. The summed E-state index contributed by atoms with van der Waals surface area (Å²) in [5.41, 5.74) is 6.62. The molecule has 2 aromatic rings. The molecule has 0 aliphatic heterocycles. The molecule has 0 amide bonds. The monoisotopic (exact) mass is 192 g/mol. The van der Waals surface area contributed by atoms with Crippen molar-refractivity contribution >= 4 is 11.9 Å². The zero-order chi connectivity index (χ0) is 9.97. The van der Waals surface area contributed by atoms with E-state index in [9.17, 15) is 0 Å². The van der Waals surface area contributed by atoms with E-state index in [1.165, 1.54) is 0 Å². The first-order chi connectivity index (χ1) is 6.77. The summed E-state index contributed by atoms with van der Waals surface area (Å²) in [5, 5.41) is 10.7. The number of hydrogen-bond donors (Lipinski definition) is 3. The maximum absolute atomic E-state index is 5.53. The summed E-state index contributed by atoms with van der Waals surface area (Å²) in [6.45, 7) is 0.680. The number of aromatic nitrogens is 4. The Labute approximate surface area is 81.1 Å². The van der Waals surface area contributed by atoms with Crippen LogP contribution in [0.25, 0.3) is 0 Å². The highest BCUT2D eigenvalue weighted by Crippen LogP contribution is 2.06. The molecule has 6 nitrogen and oxygen atoms in total. The van der Waals surface area contributed by atoms with Crippen LogP contribution in [0.4, 0.5) is 11.9 Å². The van der Waals surface area contributed by atoms with Crippen LogP contribution in [-0.2, 0) is 13.6 Å². The van der Waals surface area contributed by atoms with Crippen molar-refractivity contribution in [1.82, 2.24) is 19.7 Å². The third kappa shape index (κ3) is 1.54. The molecule has 0 aromatic carbocycles. The molecule has 0 saturated heterocycles. The number of rotatable bonds is 3. The van der Waals surface area contributed by atoms with Crippen molar-refractivity contribution in [1.29, 1.82) is 0 Å². The van der Waals surface area contributed by atoms with Crippen LogP contribution in [0.15, 0.2) is 18.3 Å². The van der Waals surface area contributed by atoms with Crippen molar-refractivity contribution in [3.63, 3.8) is 0 Å². The molecule has 2 aromatic heterocycles. The fourth-order valence-electron chi connectivity index (χ4n) is 1.15. The van der Waals surface area contributed by atoms with E-state index in [1.807, 2.05) is 25.4 Å². The van der Waals surface area contributed by atoms with Gasteiger partial charge in [-0.25, -0.2) is 0 Å². The van der Waals surface area contributed by atoms with Crippen LogP contribution >= 0.6 is 0 Å². The van der Waals surface area contributed by atoms with E-state index in [1.54, 1.807) is 4.57 Å². The van der Waals surface area contributed by atoms with Crippen LogP contribution in [-0.4, -0.2) is 19.7 Å². The van der Waals surface area contributed by atoms with Gasteiger partial charge in [0, 0.05) is 18.9 Å². The van der Waals surface area contributed by atoms with Crippen LogP contribution in [0.3, 0.4) is 0 Å². The summed E-state index contributed by atoms with van der Waals surface area (Å²) in [5.74, 6) is 1.07. The first-order valence-corrected chi connectivity index (χ1v) is 4.28. The highest BCUT2D eigenvalue weighted by atomic mass is 15.4. The zero-order valence-electron chi connectivity index (χ0n) is 7.86.